The minimum Gasteiger partial charge on any atom is -0.393 e. The van der Waals surface area contributed by atoms with Gasteiger partial charge in [-0.25, -0.2) is 0 Å². The van der Waals surface area contributed by atoms with Crippen molar-refractivity contribution >= 4 is 11.8 Å². The third kappa shape index (κ3) is 5.39. The molecule has 0 spiro atoms. The molecule has 0 aromatic carbocycles. The number of alkyl halides is 3. The van der Waals surface area contributed by atoms with Gasteiger partial charge in [-0.05, 0) is 42.9 Å². The molecule has 0 amide bonds. The molecule has 1 aliphatic rings. The van der Waals surface area contributed by atoms with E-state index in [1.165, 1.54) is 0 Å². The molecule has 18 heavy (non-hydrogen) atoms. The number of thioether (sulfide) groups is 1. The predicted octanol–water partition coefficient (Wildman–Crippen LogP) is 4.45. The Bertz CT molecular complexity index is 260. The monoisotopic (exact) mass is 284 g/mol. The van der Waals surface area contributed by atoms with Crippen LogP contribution in [0.15, 0.2) is 0 Å². The second-order valence-corrected chi connectivity index (χ2v) is 7.45. The van der Waals surface area contributed by atoms with Crippen molar-refractivity contribution in [2.24, 2.45) is 17.3 Å². The predicted molar refractivity (Wildman–Crippen MR) is 69.4 cm³/mol. The Labute approximate surface area is 112 Å². The van der Waals surface area contributed by atoms with Crippen LogP contribution >= 0.6 is 11.8 Å². The maximum Gasteiger partial charge on any atom is 0.441 e. The van der Waals surface area contributed by atoms with Crippen LogP contribution in [0, 0.1) is 17.3 Å². The maximum absolute atomic E-state index is 12.1. The molecule has 3 atom stereocenters. The van der Waals surface area contributed by atoms with E-state index >= 15 is 0 Å². The lowest BCUT2D eigenvalue weighted by molar-refractivity contribution is -0.0332. The molecule has 1 rings (SSSR count). The summed E-state index contributed by atoms with van der Waals surface area (Å²) in [6.07, 6.45) is 2.59. The number of halogens is 3. The average molecular weight is 284 g/mol. The third-order valence-electron chi connectivity index (χ3n) is 3.92. The standard InChI is InChI=1S/C13H23F3OS/c1-12(2,3)10-4-5-11(17)9(8-10)6-7-18-13(14,15)16/h9-11,17H,4-8H2,1-3H3. The minimum absolute atomic E-state index is 0.0258. The fraction of sp³-hybridized carbons (Fsp3) is 1.00. The van der Waals surface area contributed by atoms with Crippen molar-refractivity contribution in [3.8, 4) is 0 Å². The van der Waals surface area contributed by atoms with Gasteiger partial charge in [0.15, 0.2) is 0 Å². The van der Waals surface area contributed by atoms with E-state index in [0.717, 1.165) is 19.3 Å². The zero-order valence-electron chi connectivity index (χ0n) is 11.3. The van der Waals surface area contributed by atoms with Crippen LogP contribution in [0.4, 0.5) is 13.2 Å². The fourth-order valence-corrected chi connectivity index (χ4v) is 3.32. The van der Waals surface area contributed by atoms with Crippen molar-refractivity contribution in [3.05, 3.63) is 0 Å². The topological polar surface area (TPSA) is 20.2 Å². The molecule has 1 nitrogen and oxygen atoms in total. The van der Waals surface area contributed by atoms with Crippen molar-refractivity contribution < 1.29 is 18.3 Å². The molecular formula is C13H23F3OS. The van der Waals surface area contributed by atoms with Gasteiger partial charge in [0.25, 0.3) is 0 Å². The van der Waals surface area contributed by atoms with E-state index in [4.69, 9.17) is 0 Å². The number of hydrogen-bond donors (Lipinski definition) is 1. The molecule has 0 aliphatic heterocycles. The van der Waals surface area contributed by atoms with Gasteiger partial charge in [-0.15, -0.1) is 0 Å². The zero-order valence-corrected chi connectivity index (χ0v) is 12.1. The first-order valence-electron chi connectivity index (χ1n) is 6.48. The van der Waals surface area contributed by atoms with Crippen LogP contribution < -0.4 is 0 Å². The smallest absolute Gasteiger partial charge is 0.393 e. The van der Waals surface area contributed by atoms with Crippen LogP contribution in [-0.4, -0.2) is 22.5 Å². The SMILES string of the molecule is CC(C)(C)C1CCC(O)C(CCSC(F)(F)F)C1. The highest BCUT2D eigenvalue weighted by molar-refractivity contribution is 8.00. The molecule has 0 aromatic heterocycles. The quantitative estimate of drug-likeness (QED) is 0.826. The van der Waals surface area contributed by atoms with Gasteiger partial charge in [0.2, 0.25) is 0 Å². The summed E-state index contributed by atoms with van der Waals surface area (Å²) >= 11 is 0.0269. The number of rotatable bonds is 3. The molecule has 5 heteroatoms. The molecule has 1 saturated carbocycles. The van der Waals surface area contributed by atoms with E-state index in [0.29, 0.717) is 12.3 Å². The molecule has 0 saturated heterocycles. The molecule has 1 fully saturated rings. The number of aliphatic hydroxyl groups is 1. The van der Waals surface area contributed by atoms with Gasteiger partial charge in [0, 0.05) is 5.75 Å². The fourth-order valence-electron chi connectivity index (χ4n) is 2.67. The molecule has 0 bridgehead atoms. The van der Waals surface area contributed by atoms with Gasteiger partial charge in [-0.3, -0.25) is 0 Å². The summed E-state index contributed by atoms with van der Waals surface area (Å²) in [5, 5.41) is 9.89. The highest BCUT2D eigenvalue weighted by Crippen LogP contribution is 2.42. The summed E-state index contributed by atoms with van der Waals surface area (Å²) in [5.41, 5.74) is -3.97. The Morgan fingerprint density at radius 2 is 1.78 bits per heavy atom. The van der Waals surface area contributed by atoms with Crippen molar-refractivity contribution in [2.45, 2.75) is 58.1 Å². The maximum atomic E-state index is 12.1. The lowest BCUT2D eigenvalue weighted by Gasteiger charge is -2.40. The summed E-state index contributed by atoms with van der Waals surface area (Å²) in [6, 6.07) is 0. The molecule has 1 aliphatic carbocycles. The summed E-state index contributed by atoms with van der Waals surface area (Å²) in [4.78, 5) is 0. The lowest BCUT2D eigenvalue weighted by atomic mass is 9.67. The molecule has 3 unspecified atom stereocenters. The van der Waals surface area contributed by atoms with Crippen LogP contribution in [0.3, 0.4) is 0 Å². The normalized spacial score (nSPS) is 30.5. The van der Waals surface area contributed by atoms with Crippen LogP contribution in [0.2, 0.25) is 0 Å². The molecule has 0 radical (unpaired) electrons. The van der Waals surface area contributed by atoms with Gasteiger partial charge in [0.1, 0.15) is 0 Å². The van der Waals surface area contributed by atoms with Crippen molar-refractivity contribution in [2.75, 3.05) is 5.75 Å². The Morgan fingerprint density at radius 1 is 1.17 bits per heavy atom. The van der Waals surface area contributed by atoms with Crippen LogP contribution in [0.1, 0.15) is 46.5 Å². The Kier molecular flexibility index (Phi) is 5.42. The van der Waals surface area contributed by atoms with E-state index in [1.54, 1.807) is 0 Å². The third-order valence-corrected chi connectivity index (χ3v) is 4.69. The van der Waals surface area contributed by atoms with E-state index < -0.39 is 11.6 Å². The van der Waals surface area contributed by atoms with Gasteiger partial charge in [-0.1, -0.05) is 32.5 Å². The Balaban J connectivity index is 2.43. The summed E-state index contributed by atoms with van der Waals surface area (Å²) < 4.78 is 36.2. The largest absolute Gasteiger partial charge is 0.441 e. The lowest BCUT2D eigenvalue weighted by Crippen LogP contribution is -2.35. The molecule has 1 N–H and O–H groups in total. The average Bonchev–Trinajstić information content (AvgIpc) is 2.17. The van der Waals surface area contributed by atoms with Gasteiger partial charge >= 0.3 is 5.51 Å². The highest BCUT2D eigenvalue weighted by atomic mass is 32.2. The molecular weight excluding hydrogens is 261 g/mol. The van der Waals surface area contributed by atoms with Crippen molar-refractivity contribution in [1.29, 1.82) is 0 Å². The number of aliphatic hydroxyl groups excluding tert-OH is 1. The molecule has 0 aromatic rings. The van der Waals surface area contributed by atoms with E-state index in [2.05, 4.69) is 20.8 Å². The number of hydrogen-bond acceptors (Lipinski definition) is 2. The van der Waals surface area contributed by atoms with Crippen LogP contribution in [0.5, 0.6) is 0 Å². The second kappa shape index (κ2) is 6.04. The van der Waals surface area contributed by atoms with Gasteiger partial charge in [-0.2, -0.15) is 13.2 Å². The zero-order chi connectivity index (χ0) is 14.0. The van der Waals surface area contributed by atoms with E-state index in [9.17, 15) is 18.3 Å². The Hall–Kier alpha value is 0.100. The highest BCUT2D eigenvalue weighted by Gasteiger charge is 2.35. The van der Waals surface area contributed by atoms with Crippen LogP contribution in [0.25, 0.3) is 0 Å². The first-order valence-corrected chi connectivity index (χ1v) is 7.47. The minimum atomic E-state index is -4.15. The van der Waals surface area contributed by atoms with E-state index in [1.807, 2.05) is 0 Å². The van der Waals surface area contributed by atoms with Crippen LogP contribution in [-0.2, 0) is 0 Å². The second-order valence-electron chi connectivity index (χ2n) is 6.29. The molecule has 0 heterocycles. The summed E-state index contributed by atoms with van der Waals surface area (Å²) in [5.74, 6) is 0.585. The summed E-state index contributed by atoms with van der Waals surface area (Å²) in [7, 11) is 0. The first-order chi connectivity index (χ1) is 8.09. The molecule has 108 valence electrons. The van der Waals surface area contributed by atoms with Crippen molar-refractivity contribution in [1.82, 2.24) is 0 Å². The van der Waals surface area contributed by atoms with Gasteiger partial charge in [0.05, 0.1) is 6.10 Å². The first kappa shape index (κ1) is 16.2. The Morgan fingerprint density at radius 3 is 2.28 bits per heavy atom. The van der Waals surface area contributed by atoms with Crippen molar-refractivity contribution in [3.63, 3.8) is 0 Å². The van der Waals surface area contributed by atoms with Gasteiger partial charge < -0.3 is 5.11 Å². The van der Waals surface area contributed by atoms with E-state index in [-0.39, 0.29) is 28.8 Å². The summed E-state index contributed by atoms with van der Waals surface area (Å²) in [6.45, 7) is 6.49.